The van der Waals surface area contributed by atoms with Crippen LogP contribution in [-0.4, -0.2) is 36.0 Å². The largest absolute Gasteiger partial charge is 0.419 e. The van der Waals surface area contributed by atoms with Gasteiger partial charge in [-0.15, -0.1) is 0 Å². The van der Waals surface area contributed by atoms with Crippen LogP contribution in [0.15, 0.2) is 47.8 Å². The molecular formula is C23H19F4N5O2. The second kappa shape index (κ2) is 7.57. The van der Waals surface area contributed by atoms with Gasteiger partial charge in [0.2, 0.25) is 0 Å². The number of aromatic nitrogens is 4. The van der Waals surface area contributed by atoms with Crippen LogP contribution in [-0.2, 0) is 19.3 Å². The van der Waals surface area contributed by atoms with Gasteiger partial charge < -0.3 is 19.0 Å². The number of imidazole rings is 1. The number of halogens is 4. The smallest absolute Gasteiger partial charge is 0.361 e. The molecule has 1 aliphatic rings. The van der Waals surface area contributed by atoms with Crippen LogP contribution in [0.5, 0.6) is 0 Å². The van der Waals surface area contributed by atoms with E-state index in [9.17, 15) is 27.2 Å². The minimum atomic E-state index is -4.84. The summed E-state index contributed by atoms with van der Waals surface area (Å²) in [7, 11) is 0. The number of carbonyl (C=O) groups is 1. The van der Waals surface area contributed by atoms with Gasteiger partial charge in [0.1, 0.15) is 17.2 Å². The van der Waals surface area contributed by atoms with Gasteiger partial charge in [0.15, 0.2) is 0 Å². The van der Waals surface area contributed by atoms with E-state index >= 15 is 0 Å². The van der Waals surface area contributed by atoms with Crippen molar-refractivity contribution in [2.45, 2.75) is 39.2 Å². The number of pyridine rings is 1. The van der Waals surface area contributed by atoms with Crippen LogP contribution in [0.4, 0.5) is 17.6 Å². The number of carbonyl (C=O) groups excluding carboxylic acids is 1. The lowest BCUT2D eigenvalue weighted by Crippen LogP contribution is -2.49. The highest BCUT2D eigenvalue weighted by atomic mass is 19.4. The van der Waals surface area contributed by atoms with Crippen LogP contribution in [0.25, 0.3) is 16.6 Å². The molecule has 0 fully saturated rings. The highest BCUT2D eigenvalue weighted by molar-refractivity contribution is 5.94. The minimum absolute atomic E-state index is 0.000410. The van der Waals surface area contributed by atoms with Crippen molar-refractivity contribution in [3.05, 3.63) is 81.7 Å². The Bertz CT molecular complexity index is 1500. The fraction of sp³-hybridized carbons (Fsp3) is 0.261. The molecule has 0 unspecified atom stereocenters. The Balaban J connectivity index is 1.51. The average molecular weight is 473 g/mol. The zero-order chi connectivity index (χ0) is 24.4. The van der Waals surface area contributed by atoms with Gasteiger partial charge in [0, 0.05) is 42.4 Å². The molecule has 11 heteroatoms. The van der Waals surface area contributed by atoms with Crippen LogP contribution in [0.3, 0.4) is 0 Å². The molecule has 0 saturated heterocycles. The van der Waals surface area contributed by atoms with E-state index in [4.69, 9.17) is 0 Å². The van der Waals surface area contributed by atoms with Gasteiger partial charge in [-0.1, -0.05) is 0 Å². The molecule has 1 aromatic carbocycles. The number of H-pyrrole nitrogens is 1. The van der Waals surface area contributed by atoms with Crippen molar-refractivity contribution in [2.24, 2.45) is 0 Å². The fourth-order valence-electron chi connectivity index (χ4n) is 4.35. The van der Waals surface area contributed by atoms with Crippen molar-refractivity contribution >= 4 is 16.8 Å². The summed E-state index contributed by atoms with van der Waals surface area (Å²) in [5.41, 5.74) is 0.202. The number of benzene rings is 1. The Kier molecular flexibility index (Phi) is 4.88. The van der Waals surface area contributed by atoms with Gasteiger partial charge in [-0.25, -0.2) is 9.37 Å². The number of rotatable bonds is 3. The monoisotopic (exact) mass is 473 g/mol. The van der Waals surface area contributed by atoms with Gasteiger partial charge in [-0.3, -0.25) is 9.59 Å². The van der Waals surface area contributed by atoms with E-state index in [1.54, 1.807) is 36.7 Å². The summed E-state index contributed by atoms with van der Waals surface area (Å²) in [6, 6.07) is 4.25. The van der Waals surface area contributed by atoms with Crippen molar-refractivity contribution in [1.29, 1.82) is 0 Å². The van der Waals surface area contributed by atoms with Crippen LogP contribution >= 0.6 is 0 Å². The van der Waals surface area contributed by atoms with Gasteiger partial charge in [0.25, 0.3) is 11.5 Å². The second-order valence-corrected chi connectivity index (χ2v) is 8.41. The first-order valence-corrected chi connectivity index (χ1v) is 10.5. The lowest BCUT2D eigenvalue weighted by Gasteiger charge is -2.35. The van der Waals surface area contributed by atoms with Crippen LogP contribution < -0.4 is 5.56 Å². The van der Waals surface area contributed by atoms with Crippen molar-refractivity contribution < 1.29 is 22.4 Å². The van der Waals surface area contributed by atoms with E-state index in [1.807, 2.05) is 0 Å². The van der Waals surface area contributed by atoms with Crippen molar-refractivity contribution in [1.82, 2.24) is 24.0 Å². The number of alkyl halides is 3. The summed E-state index contributed by atoms with van der Waals surface area (Å²) < 4.78 is 56.5. The molecule has 0 aliphatic carbocycles. The Hall–Kier alpha value is -3.89. The SMILES string of the molecule is Cc1cn(-c2ccc3n(c2=O)C[C@@H](C)N(Cc2c[nH]c4cc(F)c(C(F)(F)F)cc24)C3=O)cn1. The Morgan fingerprint density at radius 1 is 1.21 bits per heavy atom. The second-order valence-electron chi connectivity index (χ2n) is 8.41. The van der Waals surface area contributed by atoms with Crippen LogP contribution in [0.2, 0.25) is 0 Å². The highest BCUT2D eigenvalue weighted by Crippen LogP contribution is 2.35. The quantitative estimate of drug-likeness (QED) is 0.457. The van der Waals surface area contributed by atoms with Gasteiger partial charge in [0.05, 0.1) is 17.6 Å². The molecule has 0 saturated carbocycles. The van der Waals surface area contributed by atoms with Crippen molar-refractivity contribution in [3.63, 3.8) is 0 Å². The van der Waals surface area contributed by atoms with Gasteiger partial charge >= 0.3 is 6.18 Å². The molecule has 4 heterocycles. The van der Waals surface area contributed by atoms with E-state index in [2.05, 4.69) is 9.97 Å². The number of hydrogen-bond acceptors (Lipinski definition) is 3. The summed E-state index contributed by atoms with van der Waals surface area (Å²) >= 11 is 0. The summed E-state index contributed by atoms with van der Waals surface area (Å²) in [5.74, 6) is -1.79. The fourth-order valence-corrected chi connectivity index (χ4v) is 4.35. The van der Waals surface area contributed by atoms with Gasteiger partial charge in [-0.05, 0) is 43.7 Å². The molecule has 1 aliphatic heterocycles. The first kappa shape index (κ1) is 21.9. The molecule has 7 nitrogen and oxygen atoms in total. The molecular weight excluding hydrogens is 454 g/mol. The van der Waals surface area contributed by atoms with E-state index in [0.29, 0.717) is 11.3 Å². The average Bonchev–Trinajstić information content (AvgIpc) is 3.36. The predicted molar refractivity (Wildman–Crippen MR) is 115 cm³/mol. The van der Waals surface area contributed by atoms with E-state index < -0.39 is 29.5 Å². The molecule has 34 heavy (non-hydrogen) atoms. The zero-order valence-electron chi connectivity index (χ0n) is 18.2. The molecule has 0 bridgehead atoms. The molecule has 4 aromatic rings. The molecule has 3 aromatic heterocycles. The topological polar surface area (TPSA) is 75.9 Å². The third kappa shape index (κ3) is 3.47. The molecule has 1 amide bonds. The lowest BCUT2D eigenvalue weighted by molar-refractivity contribution is -0.139. The predicted octanol–water partition coefficient (Wildman–Crippen LogP) is 4.03. The molecule has 176 valence electrons. The van der Waals surface area contributed by atoms with E-state index in [1.165, 1.54) is 22.0 Å². The maximum Gasteiger partial charge on any atom is 0.419 e. The molecule has 1 atom stereocenters. The third-order valence-electron chi connectivity index (χ3n) is 6.10. The molecule has 5 rings (SSSR count). The van der Waals surface area contributed by atoms with E-state index in [-0.39, 0.29) is 35.2 Å². The zero-order valence-corrected chi connectivity index (χ0v) is 18.2. The van der Waals surface area contributed by atoms with Crippen LogP contribution in [0.1, 0.15) is 34.2 Å². The normalized spacial score (nSPS) is 16.4. The van der Waals surface area contributed by atoms with Crippen molar-refractivity contribution in [2.75, 3.05) is 0 Å². The number of nitrogens with zero attached hydrogens (tertiary/aromatic N) is 4. The summed E-state index contributed by atoms with van der Waals surface area (Å²) in [4.78, 5) is 34.7. The Labute approximate surface area is 190 Å². The molecule has 1 N–H and O–H groups in total. The lowest BCUT2D eigenvalue weighted by atomic mass is 10.1. The number of hydrogen-bond donors (Lipinski definition) is 1. The third-order valence-corrected chi connectivity index (χ3v) is 6.10. The van der Waals surface area contributed by atoms with Gasteiger partial charge in [-0.2, -0.15) is 13.2 Å². The van der Waals surface area contributed by atoms with E-state index in [0.717, 1.165) is 17.8 Å². The summed E-state index contributed by atoms with van der Waals surface area (Å²) in [6.45, 7) is 3.77. The number of aromatic amines is 1. The Morgan fingerprint density at radius 2 is 1.97 bits per heavy atom. The number of nitrogens with one attached hydrogen (secondary N) is 1. The summed E-state index contributed by atoms with van der Waals surface area (Å²) in [6.07, 6.45) is -0.142. The van der Waals surface area contributed by atoms with Crippen molar-refractivity contribution in [3.8, 4) is 5.69 Å². The maximum atomic E-state index is 13.9. The highest BCUT2D eigenvalue weighted by Gasteiger charge is 2.35. The number of fused-ring (bicyclic) bond motifs is 2. The molecule has 0 spiro atoms. The minimum Gasteiger partial charge on any atom is -0.361 e. The molecule has 0 radical (unpaired) electrons. The first-order valence-electron chi connectivity index (χ1n) is 10.5. The summed E-state index contributed by atoms with van der Waals surface area (Å²) in [5, 5.41) is 0.183. The standard InChI is InChI=1S/C23H19F4N5O2/c1-12-8-30(11-29-12)19-3-4-20-22(34)31(13(2)9-32(20)21(19)33)10-14-7-28-18-6-17(24)16(5-15(14)18)23(25,26)27/h3-8,11,13,28H,9-10H2,1-2H3/t13-/m1/s1. The van der Waals surface area contributed by atoms with Crippen LogP contribution in [0, 0.1) is 12.7 Å². The Morgan fingerprint density at radius 3 is 2.65 bits per heavy atom. The number of amides is 1. The first-order chi connectivity index (χ1) is 16.0. The maximum absolute atomic E-state index is 13.9. The number of aryl methyl sites for hydroxylation is 1.